The Morgan fingerprint density at radius 3 is 0.773 bits per heavy atom. The molecule has 14 heteroatoms. The van der Waals surface area contributed by atoms with E-state index in [1.807, 2.05) is 18.2 Å². The third-order valence-electron chi connectivity index (χ3n) is 4.72. The lowest BCUT2D eigenvalue weighted by Gasteiger charge is -2.36. The molecule has 0 unspecified atom stereocenters. The Labute approximate surface area is 262 Å². The van der Waals surface area contributed by atoms with Crippen molar-refractivity contribution < 1.29 is 46.3 Å². The first-order chi connectivity index (χ1) is 20.0. The molecule has 0 saturated carbocycles. The molecule has 0 heterocycles. The summed E-state index contributed by atoms with van der Waals surface area (Å²) >= 11 is 0. The SMILES string of the molecule is C[S+](C)(=O)CC(=O)c1ccccc1.C[S+](C)(=O)CC(=O)c1ccccc1.C[S+](C)(=O)CC(=O)c1ccccc1.O=P([O-])([O-])[O-]. The molecule has 0 fully saturated rings. The van der Waals surface area contributed by atoms with Crippen LogP contribution in [0.2, 0.25) is 0 Å². The van der Waals surface area contributed by atoms with Crippen molar-refractivity contribution in [2.45, 2.75) is 0 Å². The van der Waals surface area contributed by atoms with Gasteiger partial charge in [-0.1, -0.05) is 91.0 Å². The second kappa shape index (κ2) is 18.9. The minimum atomic E-state index is -5.39. The van der Waals surface area contributed by atoms with Gasteiger partial charge < -0.3 is 19.2 Å². The fraction of sp³-hybridized carbons (Fsp3) is 0.300. The van der Waals surface area contributed by atoms with Crippen molar-refractivity contribution in [2.75, 3.05) is 54.8 Å². The molecule has 0 aromatic heterocycles. The highest BCUT2D eigenvalue weighted by atomic mass is 32.2. The molecule has 3 rings (SSSR count). The highest BCUT2D eigenvalue weighted by Gasteiger charge is 2.21. The Balaban J connectivity index is 0.000000585. The van der Waals surface area contributed by atoms with E-state index >= 15 is 0 Å². The third-order valence-corrected chi connectivity index (χ3v) is 7.60. The zero-order valence-electron chi connectivity index (χ0n) is 25.5. The Morgan fingerprint density at radius 2 is 0.636 bits per heavy atom. The summed E-state index contributed by atoms with van der Waals surface area (Å²) in [5.41, 5.74) is 1.91. The van der Waals surface area contributed by atoms with E-state index in [-0.39, 0.29) is 34.6 Å². The van der Waals surface area contributed by atoms with Crippen LogP contribution in [0.25, 0.3) is 0 Å². The lowest BCUT2D eigenvalue weighted by Crippen LogP contribution is -2.24. The summed E-state index contributed by atoms with van der Waals surface area (Å²) in [6.45, 7) is 0. The molecule has 0 N–H and O–H groups in total. The van der Waals surface area contributed by atoms with Crippen LogP contribution in [0.5, 0.6) is 0 Å². The summed E-state index contributed by atoms with van der Waals surface area (Å²) in [5, 5.41) is 0. The molecular weight excluding hydrogens is 647 g/mol. The van der Waals surface area contributed by atoms with Gasteiger partial charge in [-0.25, -0.2) is 0 Å². The van der Waals surface area contributed by atoms with Gasteiger partial charge in [0.05, 0.1) is 29.8 Å². The first kappa shape index (κ1) is 41.2. The highest BCUT2D eigenvalue weighted by Crippen LogP contribution is 2.06. The summed E-state index contributed by atoms with van der Waals surface area (Å²) < 4.78 is 42.6. The number of rotatable bonds is 9. The van der Waals surface area contributed by atoms with Crippen LogP contribution in [0.3, 0.4) is 0 Å². The standard InChI is InChI=1S/3C10H13O2S.H3O4P/c3*1-13(2,12)8-10(11)9-6-4-3-5-7-9;1-5(2,3)4/h3*3-7H,8H2,1-2H3;(H3,1,2,3,4)/q3*+1;/p-3. The quantitative estimate of drug-likeness (QED) is 0.183. The molecule has 44 heavy (non-hydrogen) atoms. The number of hydrogen-bond donors (Lipinski definition) is 0. The Hall–Kier alpha value is -2.77. The maximum Gasteiger partial charge on any atom is 0.211 e. The van der Waals surface area contributed by atoms with Crippen molar-refractivity contribution in [3.8, 4) is 0 Å². The predicted molar refractivity (Wildman–Crippen MR) is 174 cm³/mol. The van der Waals surface area contributed by atoms with Gasteiger partial charge in [-0.2, -0.15) is 7.82 Å². The van der Waals surface area contributed by atoms with E-state index in [2.05, 4.69) is 0 Å². The van der Waals surface area contributed by atoms with Crippen molar-refractivity contribution in [3.05, 3.63) is 108 Å². The number of benzene rings is 3. The highest BCUT2D eigenvalue weighted by molar-refractivity contribution is 8.02. The Kier molecular flexibility index (Phi) is 17.7. The van der Waals surface area contributed by atoms with Gasteiger partial charge in [0.25, 0.3) is 0 Å². The predicted octanol–water partition coefficient (Wildman–Crippen LogP) is 2.06. The smallest absolute Gasteiger partial charge is 0.211 e. The first-order valence-corrected chi connectivity index (χ1v) is 21.8. The second-order valence-corrected chi connectivity index (χ2v) is 20.9. The molecule has 0 spiro atoms. The minimum Gasteiger partial charge on any atom is -0.822 e. The minimum absolute atomic E-state index is 0.0457. The Morgan fingerprint density at radius 1 is 0.477 bits per heavy atom. The second-order valence-electron chi connectivity index (χ2n) is 10.6. The van der Waals surface area contributed by atoms with E-state index in [9.17, 15) is 27.0 Å². The van der Waals surface area contributed by atoms with Crippen molar-refractivity contribution in [3.63, 3.8) is 0 Å². The van der Waals surface area contributed by atoms with Gasteiger partial charge in [-0.15, -0.1) is 12.6 Å². The van der Waals surface area contributed by atoms with Gasteiger partial charge in [-0.05, 0) is 0 Å². The van der Waals surface area contributed by atoms with Crippen LogP contribution in [0.1, 0.15) is 31.1 Å². The maximum atomic E-state index is 11.5. The van der Waals surface area contributed by atoms with Crippen molar-refractivity contribution in [1.29, 1.82) is 0 Å². The van der Waals surface area contributed by atoms with Crippen molar-refractivity contribution in [2.24, 2.45) is 0 Å². The monoisotopic (exact) mass is 686 g/mol. The lowest BCUT2D eigenvalue weighted by molar-refractivity contribution is -0.432. The average Bonchev–Trinajstić information content (AvgIpc) is 2.87. The van der Waals surface area contributed by atoms with Crippen molar-refractivity contribution in [1.82, 2.24) is 0 Å². The van der Waals surface area contributed by atoms with Crippen LogP contribution in [-0.2, 0) is 47.0 Å². The summed E-state index contributed by atoms with van der Waals surface area (Å²) in [5.74, 6) is 0.271. The molecule has 0 amide bonds. The molecule has 0 aliphatic carbocycles. The fourth-order valence-electron chi connectivity index (χ4n) is 3.07. The molecule has 0 saturated heterocycles. The van der Waals surface area contributed by atoms with E-state index in [4.69, 9.17) is 19.2 Å². The van der Waals surface area contributed by atoms with Gasteiger partial charge in [0.1, 0.15) is 37.5 Å². The van der Waals surface area contributed by atoms with Crippen LogP contribution < -0.4 is 14.7 Å². The number of phosphoric acid groups is 1. The number of hydrogen-bond acceptors (Lipinski definition) is 10. The van der Waals surface area contributed by atoms with E-state index in [0.717, 1.165) is 0 Å². The molecule has 0 bridgehead atoms. The van der Waals surface area contributed by atoms with Crippen LogP contribution in [0.15, 0.2) is 91.0 Å². The third kappa shape index (κ3) is 24.6. The molecule has 242 valence electrons. The lowest BCUT2D eigenvalue weighted by atomic mass is 10.2. The van der Waals surface area contributed by atoms with Gasteiger partial charge >= 0.3 is 0 Å². The van der Waals surface area contributed by atoms with Gasteiger partial charge in [-0.3, -0.25) is 14.4 Å². The number of carbonyl (C=O) groups is 3. The van der Waals surface area contributed by atoms with E-state index in [1.54, 1.807) is 110 Å². The number of Topliss-reactive ketones (excluding diaryl/α,β-unsaturated/α-hetero) is 3. The molecule has 0 aliphatic heterocycles. The Bertz CT molecular complexity index is 1340. The molecule has 3 aromatic rings. The largest absolute Gasteiger partial charge is 0.822 e. The van der Waals surface area contributed by atoms with Crippen LogP contribution in [-0.4, -0.2) is 72.1 Å². The first-order valence-electron chi connectivity index (χ1n) is 12.7. The molecule has 3 aromatic carbocycles. The number of ketones is 3. The molecule has 0 radical (unpaired) electrons. The van der Waals surface area contributed by atoms with Crippen LogP contribution in [0, 0.1) is 0 Å². The molecular formula is C30H39O10PS3. The summed E-state index contributed by atoms with van der Waals surface area (Å²) in [4.78, 5) is 60.1. The van der Waals surface area contributed by atoms with Crippen LogP contribution in [0.4, 0.5) is 0 Å². The fourth-order valence-corrected chi connectivity index (χ4v) is 5.46. The normalized spacial score (nSPS) is 11.3. The molecule has 0 atom stereocenters. The van der Waals surface area contributed by atoms with Crippen molar-refractivity contribution >= 4 is 55.0 Å². The molecule has 10 nitrogen and oxygen atoms in total. The summed E-state index contributed by atoms with van der Waals surface area (Å²) in [7, 11) is -11.3. The molecule has 0 aliphatic rings. The maximum absolute atomic E-state index is 11.5. The summed E-state index contributed by atoms with van der Waals surface area (Å²) in [6.07, 6.45) is 9.63. The van der Waals surface area contributed by atoms with Gasteiger partial charge in [0.15, 0.2) is 17.3 Å². The van der Waals surface area contributed by atoms with E-state index in [0.29, 0.717) is 16.7 Å². The zero-order valence-corrected chi connectivity index (χ0v) is 28.9. The van der Waals surface area contributed by atoms with Crippen LogP contribution >= 0.6 is 7.82 Å². The van der Waals surface area contributed by atoms with Gasteiger partial charge in [0.2, 0.25) is 17.3 Å². The average molecular weight is 687 g/mol. The van der Waals surface area contributed by atoms with Gasteiger partial charge in [0, 0.05) is 16.7 Å². The zero-order chi connectivity index (χ0) is 34.2. The summed E-state index contributed by atoms with van der Waals surface area (Å²) in [6, 6.07) is 26.9. The topological polar surface area (TPSA) is 189 Å². The number of carbonyl (C=O) groups excluding carboxylic acids is 3. The van der Waals surface area contributed by atoms with E-state index < -0.39 is 37.6 Å². The van der Waals surface area contributed by atoms with E-state index in [1.165, 1.54) is 0 Å².